The number of benzene rings is 4. The molecular formula is C36H31N7O6. The largest absolute Gasteiger partial charge is 0.445 e. The van der Waals surface area contributed by atoms with E-state index >= 15 is 0 Å². The highest BCUT2D eigenvalue weighted by Gasteiger charge is 2.23. The first-order valence-corrected chi connectivity index (χ1v) is 15.0. The summed E-state index contributed by atoms with van der Waals surface area (Å²) >= 11 is 0. The second-order valence-corrected chi connectivity index (χ2v) is 10.6. The molecule has 5 aromatic rings. The van der Waals surface area contributed by atoms with Crippen LogP contribution in [0.5, 0.6) is 0 Å². The summed E-state index contributed by atoms with van der Waals surface area (Å²) in [5.74, 6) is -0.998. The van der Waals surface area contributed by atoms with Crippen LogP contribution in [0, 0.1) is 10.8 Å². The van der Waals surface area contributed by atoms with Crippen molar-refractivity contribution in [3.05, 3.63) is 131 Å². The van der Waals surface area contributed by atoms with Gasteiger partial charge in [-0.05, 0) is 11.1 Å². The van der Waals surface area contributed by atoms with Crippen LogP contribution < -0.4 is 10.6 Å². The molecule has 0 spiro atoms. The maximum Gasteiger partial charge on any atom is 0.408 e. The van der Waals surface area contributed by atoms with E-state index in [1.165, 1.54) is 0 Å². The zero-order valence-electron chi connectivity index (χ0n) is 26.0. The van der Waals surface area contributed by atoms with Gasteiger partial charge in [-0.3, -0.25) is 9.59 Å². The van der Waals surface area contributed by atoms with Gasteiger partial charge in [-0.2, -0.15) is 15.4 Å². The van der Waals surface area contributed by atoms with Gasteiger partial charge >= 0.3 is 12.2 Å². The second-order valence-electron chi connectivity index (χ2n) is 10.6. The minimum Gasteiger partial charge on any atom is -0.445 e. The van der Waals surface area contributed by atoms with Crippen molar-refractivity contribution in [1.82, 2.24) is 26.0 Å². The third-order valence-corrected chi connectivity index (χ3v) is 7.30. The van der Waals surface area contributed by atoms with E-state index in [1.54, 1.807) is 72.8 Å². The first-order chi connectivity index (χ1) is 23.9. The van der Waals surface area contributed by atoms with Crippen LogP contribution in [0.1, 0.15) is 31.8 Å². The van der Waals surface area contributed by atoms with Gasteiger partial charge in [0.15, 0.2) is 11.6 Å². The summed E-state index contributed by atoms with van der Waals surface area (Å²) < 4.78 is 10.3. The Balaban J connectivity index is 1.20. The molecule has 5 rings (SSSR count). The lowest BCUT2D eigenvalue weighted by molar-refractivity contribution is 0.0947. The lowest BCUT2D eigenvalue weighted by Gasteiger charge is -2.14. The van der Waals surface area contributed by atoms with Gasteiger partial charge < -0.3 is 30.9 Å². The predicted molar refractivity (Wildman–Crippen MR) is 181 cm³/mol. The van der Waals surface area contributed by atoms with Gasteiger partial charge in [0.05, 0.1) is 0 Å². The number of ether oxygens (including phenoxy) is 2. The molecule has 0 saturated heterocycles. The van der Waals surface area contributed by atoms with Crippen molar-refractivity contribution in [1.29, 1.82) is 10.8 Å². The molecule has 246 valence electrons. The molecule has 2 amide bonds. The molecule has 5 N–H and O–H groups in total. The number of Topliss-reactive ketones (excluding diaryl/α,β-unsaturated/α-hetero) is 2. The summed E-state index contributed by atoms with van der Waals surface area (Å²) in [7, 11) is 0. The van der Waals surface area contributed by atoms with Crippen LogP contribution in [0.4, 0.5) is 9.59 Å². The van der Waals surface area contributed by atoms with Crippen molar-refractivity contribution in [3.63, 3.8) is 0 Å². The van der Waals surface area contributed by atoms with E-state index in [1.807, 2.05) is 36.4 Å². The van der Waals surface area contributed by atoms with Gasteiger partial charge in [0.25, 0.3) is 0 Å². The Morgan fingerprint density at radius 1 is 0.592 bits per heavy atom. The molecule has 0 aliphatic heterocycles. The highest BCUT2D eigenvalue weighted by Crippen LogP contribution is 2.29. The molecule has 1 aromatic heterocycles. The van der Waals surface area contributed by atoms with E-state index < -0.39 is 35.8 Å². The molecule has 0 bridgehead atoms. The number of alkyl carbamates (subject to hydrolysis) is 2. The monoisotopic (exact) mass is 657 g/mol. The van der Waals surface area contributed by atoms with Crippen molar-refractivity contribution in [2.75, 3.05) is 0 Å². The minimum atomic E-state index is -1.22. The number of nitrogens with zero attached hydrogens (tertiary/aromatic N) is 2. The third-order valence-electron chi connectivity index (χ3n) is 7.30. The summed E-state index contributed by atoms with van der Waals surface area (Å²) in [6.45, 7) is 0.0414. The molecule has 4 aromatic carbocycles. The number of carbonyl (C=O) groups excluding carboxylic acids is 4. The number of aromatic amines is 1. The Hall–Kier alpha value is -6.76. The molecular weight excluding hydrogens is 626 g/mol. The second kappa shape index (κ2) is 16.2. The fourth-order valence-corrected chi connectivity index (χ4v) is 4.73. The van der Waals surface area contributed by atoms with Crippen LogP contribution in [0.25, 0.3) is 22.5 Å². The molecule has 49 heavy (non-hydrogen) atoms. The smallest absolute Gasteiger partial charge is 0.408 e. The Morgan fingerprint density at radius 3 is 1.31 bits per heavy atom. The van der Waals surface area contributed by atoms with E-state index in [4.69, 9.17) is 20.3 Å². The van der Waals surface area contributed by atoms with Gasteiger partial charge in [0.1, 0.15) is 36.7 Å². The quantitative estimate of drug-likeness (QED) is 0.0772. The molecule has 13 nitrogen and oxygen atoms in total. The first kappa shape index (κ1) is 33.6. The SMILES string of the molecule is N=C[C@H](NC(=O)OCc1ccccc1)C(=O)c1ccc(-c2n[nH]nc2-c2ccc(C(=O)[C@H](C=N)NC(=O)OCc3ccccc3)cc2)cc1. The summed E-state index contributed by atoms with van der Waals surface area (Å²) in [6, 6.07) is 28.6. The van der Waals surface area contributed by atoms with Crippen LogP contribution in [-0.4, -0.2) is 63.7 Å². The van der Waals surface area contributed by atoms with Crippen molar-refractivity contribution >= 4 is 36.2 Å². The molecule has 2 atom stereocenters. The maximum absolute atomic E-state index is 13.1. The van der Waals surface area contributed by atoms with Crippen LogP contribution >= 0.6 is 0 Å². The van der Waals surface area contributed by atoms with Crippen molar-refractivity contribution in [2.24, 2.45) is 0 Å². The topological polar surface area (TPSA) is 200 Å². The number of carbonyl (C=O) groups is 4. The van der Waals surface area contributed by atoms with Gasteiger partial charge in [-0.1, -0.05) is 109 Å². The van der Waals surface area contributed by atoms with E-state index in [9.17, 15) is 19.2 Å². The lowest BCUT2D eigenvalue weighted by Crippen LogP contribution is -2.42. The number of amides is 2. The Kier molecular flexibility index (Phi) is 11.1. The molecule has 0 saturated carbocycles. The maximum atomic E-state index is 13.1. The standard InChI is InChI=1S/C36H31N7O6/c37-19-29(39-35(46)48-21-23-7-3-1-4-8-23)33(44)27-15-11-25(12-16-27)31-32(42-43-41-31)26-13-17-28(18-14-26)34(45)30(20-38)40-36(47)49-22-24-9-5-2-6-10-24/h1-20,29-30,37-38H,21-22H2,(H,39,46)(H,40,47)(H,41,42,43)/t29-,30-/m0/s1. The van der Waals surface area contributed by atoms with Crippen molar-refractivity contribution < 1.29 is 28.7 Å². The van der Waals surface area contributed by atoms with Gasteiger partial charge in [0.2, 0.25) is 0 Å². The summed E-state index contributed by atoms with van der Waals surface area (Å²) in [5, 5.41) is 31.3. The van der Waals surface area contributed by atoms with Gasteiger partial charge in [-0.25, -0.2) is 9.59 Å². The number of hydrogen-bond donors (Lipinski definition) is 5. The molecule has 1 heterocycles. The minimum absolute atomic E-state index is 0.0207. The van der Waals surface area contributed by atoms with Crippen molar-refractivity contribution in [2.45, 2.75) is 25.3 Å². The van der Waals surface area contributed by atoms with E-state index in [0.717, 1.165) is 23.6 Å². The highest BCUT2D eigenvalue weighted by atomic mass is 16.6. The molecule has 0 unspecified atom stereocenters. The van der Waals surface area contributed by atoms with E-state index in [0.29, 0.717) is 22.5 Å². The first-order valence-electron chi connectivity index (χ1n) is 15.0. The molecule has 0 aliphatic carbocycles. The predicted octanol–water partition coefficient (Wildman–Crippen LogP) is 5.39. The summed E-state index contributed by atoms with van der Waals surface area (Å²) in [5.41, 5.74) is 4.29. The van der Waals surface area contributed by atoms with E-state index in [-0.39, 0.29) is 24.3 Å². The van der Waals surface area contributed by atoms with Gasteiger partial charge in [0, 0.05) is 34.7 Å². The highest BCUT2D eigenvalue weighted by molar-refractivity contribution is 6.11. The fraction of sp³-hybridized carbons (Fsp3) is 0.111. The average Bonchev–Trinajstić information content (AvgIpc) is 3.65. The number of hydrogen-bond acceptors (Lipinski definition) is 10. The number of H-pyrrole nitrogens is 1. The van der Waals surface area contributed by atoms with Crippen LogP contribution in [-0.2, 0) is 22.7 Å². The number of rotatable bonds is 14. The Morgan fingerprint density at radius 2 is 0.959 bits per heavy atom. The summed E-state index contributed by atoms with van der Waals surface area (Å²) in [4.78, 5) is 50.6. The summed E-state index contributed by atoms with van der Waals surface area (Å²) in [6.07, 6.45) is 0.0196. The third kappa shape index (κ3) is 8.74. The molecule has 0 fully saturated rings. The zero-order chi connectivity index (χ0) is 34.6. The fourth-order valence-electron chi connectivity index (χ4n) is 4.73. The number of aromatic nitrogens is 3. The molecule has 0 aliphatic rings. The Bertz CT molecular complexity index is 1790. The van der Waals surface area contributed by atoms with E-state index in [2.05, 4.69) is 26.0 Å². The molecule has 13 heteroatoms. The van der Waals surface area contributed by atoms with Crippen LogP contribution in [0.3, 0.4) is 0 Å². The normalized spacial score (nSPS) is 11.8. The van der Waals surface area contributed by atoms with Crippen molar-refractivity contribution in [3.8, 4) is 22.5 Å². The lowest BCUT2D eigenvalue weighted by atomic mass is 9.98. The molecule has 0 radical (unpaired) electrons. The van der Waals surface area contributed by atoms with Gasteiger partial charge in [-0.15, -0.1) is 0 Å². The van der Waals surface area contributed by atoms with Crippen LogP contribution in [0.15, 0.2) is 109 Å². The zero-order valence-corrected chi connectivity index (χ0v) is 26.0. The number of nitrogens with one attached hydrogen (secondary N) is 5. The number of ketones is 2. The van der Waals surface area contributed by atoms with Crippen LogP contribution in [0.2, 0.25) is 0 Å². The Labute approximate surface area is 280 Å². The average molecular weight is 658 g/mol.